The molecule has 3 N–H and O–H groups in total. The number of hydrogen-bond acceptors (Lipinski definition) is 8. The lowest BCUT2D eigenvalue weighted by molar-refractivity contribution is 0.439. The normalized spacial score (nSPS) is 16.0. The predicted octanol–water partition coefficient (Wildman–Crippen LogP) is 2.19. The molecule has 0 bridgehead atoms. The summed E-state index contributed by atoms with van der Waals surface area (Å²) in [7, 11) is 0. The fourth-order valence-corrected chi connectivity index (χ4v) is 4.71. The number of thioether (sulfide) groups is 1. The van der Waals surface area contributed by atoms with Crippen molar-refractivity contribution in [2.45, 2.75) is 48.9 Å². The van der Waals surface area contributed by atoms with Crippen LogP contribution < -0.4 is 11.3 Å². The van der Waals surface area contributed by atoms with Crippen molar-refractivity contribution in [1.29, 1.82) is 0 Å². The molecule has 0 aromatic carbocycles. The third kappa shape index (κ3) is 3.16. The number of nitrogen functional groups attached to an aromatic ring is 1. The number of nitrogens with one attached hydrogen (secondary N) is 1. The summed E-state index contributed by atoms with van der Waals surface area (Å²) in [5.41, 5.74) is 6.07. The van der Waals surface area contributed by atoms with Crippen molar-refractivity contribution in [2.24, 2.45) is 0 Å². The molecule has 0 radical (unpaired) electrons. The Kier molecular flexibility index (Phi) is 4.23. The number of rotatable bonds is 4. The monoisotopic (exact) mass is 363 g/mol. The highest BCUT2D eigenvalue weighted by Crippen LogP contribution is 2.34. The Labute approximate surface area is 145 Å². The van der Waals surface area contributed by atoms with Gasteiger partial charge in [-0.3, -0.25) is 4.79 Å². The zero-order valence-corrected chi connectivity index (χ0v) is 14.6. The molecular formula is C14H17N7OS2. The molecule has 1 saturated carbocycles. The van der Waals surface area contributed by atoms with E-state index in [1.54, 1.807) is 0 Å². The minimum absolute atomic E-state index is 0.136. The van der Waals surface area contributed by atoms with Crippen LogP contribution in [0.1, 0.15) is 48.7 Å². The molecule has 24 heavy (non-hydrogen) atoms. The number of fused-ring (bicyclic) bond motifs is 1. The van der Waals surface area contributed by atoms with Gasteiger partial charge in [0, 0.05) is 17.7 Å². The Morgan fingerprint density at radius 2 is 2.17 bits per heavy atom. The van der Waals surface area contributed by atoms with Crippen molar-refractivity contribution in [2.75, 3.05) is 5.73 Å². The van der Waals surface area contributed by atoms with Crippen molar-refractivity contribution in [3.8, 4) is 0 Å². The first kappa shape index (κ1) is 15.6. The van der Waals surface area contributed by atoms with Crippen molar-refractivity contribution in [1.82, 2.24) is 29.8 Å². The lowest BCUT2D eigenvalue weighted by Crippen LogP contribution is -2.15. The van der Waals surface area contributed by atoms with Gasteiger partial charge in [-0.2, -0.15) is 14.6 Å². The topological polar surface area (TPSA) is 115 Å². The van der Waals surface area contributed by atoms with E-state index in [4.69, 9.17) is 5.73 Å². The van der Waals surface area contributed by atoms with Crippen molar-refractivity contribution >= 4 is 34.0 Å². The molecule has 4 rings (SSSR count). The van der Waals surface area contributed by atoms with E-state index in [-0.39, 0.29) is 11.5 Å². The second-order valence-corrected chi connectivity index (χ2v) is 7.78. The standard InChI is InChI=1S/C14H17N7OS2/c15-12-17-13(19-18-12)23-7-9-6-10(22)21-14(16-9)24-11(20-21)8-4-2-1-3-5-8/h6,8H,1-5,7H2,(H3,15,17,18,19). The van der Waals surface area contributed by atoms with E-state index >= 15 is 0 Å². The van der Waals surface area contributed by atoms with Crippen LogP contribution in [0, 0.1) is 0 Å². The van der Waals surface area contributed by atoms with E-state index in [1.807, 2.05) is 0 Å². The first-order valence-corrected chi connectivity index (χ1v) is 9.69. The van der Waals surface area contributed by atoms with Gasteiger partial charge in [-0.1, -0.05) is 42.4 Å². The zero-order valence-electron chi connectivity index (χ0n) is 12.9. The second-order valence-electron chi connectivity index (χ2n) is 5.85. The summed E-state index contributed by atoms with van der Waals surface area (Å²) < 4.78 is 1.42. The molecule has 1 aliphatic rings. The van der Waals surface area contributed by atoms with Gasteiger partial charge in [-0.25, -0.2) is 10.1 Å². The van der Waals surface area contributed by atoms with Crippen LogP contribution in [0.3, 0.4) is 0 Å². The van der Waals surface area contributed by atoms with Gasteiger partial charge in [-0.15, -0.1) is 5.10 Å². The first-order chi connectivity index (χ1) is 11.7. The van der Waals surface area contributed by atoms with E-state index in [0.717, 1.165) is 17.8 Å². The Morgan fingerprint density at radius 1 is 1.33 bits per heavy atom. The summed E-state index contributed by atoms with van der Waals surface area (Å²) in [5, 5.41) is 12.6. The van der Waals surface area contributed by atoms with E-state index < -0.39 is 0 Å². The van der Waals surface area contributed by atoms with Crippen LogP contribution in [0.2, 0.25) is 0 Å². The van der Waals surface area contributed by atoms with Gasteiger partial charge in [0.05, 0.1) is 5.69 Å². The van der Waals surface area contributed by atoms with Crippen LogP contribution in [-0.2, 0) is 5.75 Å². The Bertz CT molecular complexity index is 909. The van der Waals surface area contributed by atoms with Crippen molar-refractivity contribution in [3.05, 3.63) is 27.1 Å². The molecule has 3 heterocycles. The molecule has 0 atom stereocenters. The zero-order chi connectivity index (χ0) is 16.5. The van der Waals surface area contributed by atoms with Crippen LogP contribution >= 0.6 is 23.1 Å². The molecule has 1 aliphatic carbocycles. The second kappa shape index (κ2) is 6.52. The van der Waals surface area contributed by atoms with Gasteiger partial charge in [-0.05, 0) is 12.8 Å². The first-order valence-electron chi connectivity index (χ1n) is 7.89. The summed E-state index contributed by atoms with van der Waals surface area (Å²) in [6, 6.07) is 1.53. The molecule has 10 heteroatoms. The van der Waals surface area contributed by atoms with Crippen LogP contribution in [0.25, 0.3) is 4.96 Å². The molecule has 3 aromatic heterocycles. The molecule has 8 nitrogen and oxygen atoms in total. The highest BCUT2D eigenvalue weighted by molar-refractivity contribution is 7.98. The smallest absolute Gasteiger partial charge is 0.275 e. The Balaban J connectivity index is 1.57. The maximum atomic E-state index is 12.3. The Hall–Kier alpha value is -1.94. The SMILES string of the molecule is Nc1nc(SCc2cc(=O)n3nc(C4CCCCC4)sc3n2)n[nH]1. The summed E-state index contributed by atoms with van der Waals surface area (Å²) in [6.45, 7) is 0. The lowest BCUT2D eigenvalue weighted by Gasteiger charge is -2.18. The number of aromatic amines is 1. The molecule has 3 aromatic rings. The average Bonchev–Trinajstić information content (AvgIpc) is 3.20. The van der Waals surface area contributed by atoms with Gasteiger partial charge in [0.1, 0.15) is 5.01 Å². The van der Waals surface area contributed by atoms with Gasteiger partial charge >= 0.3 is 0 Å². The minimum Gasteiger partial charge on any atom is -0.368 e. The summed E-state index contributed by atoms with van der Waals surface area (Å²) in [6.07, 6.45) is 6.09. The third-order valence-corrected chi connectivity index (χ3v) is 6.05. The van der Waals surface area contributed by atoms with Gasteiger partial charge < -0.3 is 5.73 Å². The highest BCUT2D eigenvalue weighted by Gasteiger charge is 2.20. The summed E-state index contributed by atoms with van der Waals surface area (Å²) in [4.78, 5) is 21.6. The number of H-pyrrole nitrogens is 1. The molecule has 0 spiro atoms. The fourth-order valence-electron chi connectivity index (χ4n) is 2.92. The lowest BCUT2D eigenvalue weighted by atomic mass is 9.90. The molecule has 0 saturated heterocycles. The van der Waals surface area contributed by atoms with E-state index in [9.17, 15) is 4.79 Å². The van der Waals surface area contributed by atoms with Gasteiger partial charge in [0.25, 0.3) is 5.56 Å². The number of nitrogens with two attached hydrogens (primary N) is 1. The number of hydrogen-bond donors (Lipinski definition) is 2. The van der Waals surface area contributed by atoms with Crippen molar-refractivity contribution in [3.63, 3.8) is 0 Å². The van der Waals surface area contributed by atoms with E-state index in [0.29, 0.717) is 27.5 Å². The molecule has 0 unspecified atom stereocenters. The average molecular weight is 363 g/mol. The number of nitrogens with zero attached hydrogens (tertiary/aromatic N) is 5. The minimum atomic E-state index is -0.136. The fraction of sp³-hybridized carbons (Fsp3) is 0.500. The summed E-state index contributed by atoms with van der Waals surface area (Å²) >= 11 is 2.92. The van der Waals surface area contributed by atoms with Gasteiger partial charge in [0.2, 0.25) is 16.1 Å². The Morgan fingerprint density at radius 3 is 2.92 bits per heavy atom. The van der Waals surface area contributed by atoms with E-state index in [2.05, 4.69) is 25.3 Å². The highest BCUT2D eigenvalue weighted by atomic mass is 32.2. The van der Waals surface area contributed by atoms with Crippen LogP contribution in [-0.4, -0.2) is 29.8 Å². The maximum Gasteiger partial charge on any atom is 0.275 e. The van der Waals surface area contributed by atoms with Gasteiger partial charge in [0.15, 0.2) is 0 Å². The molecular weight excluding hydrogens is 346 g/mol. The predicted molar refractivity (Wildman–Crippen MR) is 93.3 cm³/mol. The molecule has 1 fully saturated rings. The third-order valence-electron chi connectivity index (χ3n) is 4.10. The summed E-state index contributed by atoms with van der Waals surface area (Å²) in [5.74, 6) is 1.26. The quantitative estimate of drug-likeness (QED) is 0.683. The molecule has 0 amide bonds. The number of aromatic nitrogens is 6. The largest absolute Gasteiger partial charge is 0.368 e. The van der Waals surface area contributed by atoms with Crippen LogP contribution in [0.5, 0.6) is 0 Å². The maximum absolute atomic E-state index is 12.3. The molecule has 0 aliphatic heterocycles. The van der Waals surface area contributed by atoms with Crippen molar-refractivity contribution < 1.29 is 0 Å². The number of anilines is 1. The van der Waals surface area contributed by atoms with Crippen LogP contribution in [0.4, 0.5) is 5.95 Å². The van der Waals surface area contributed by atoms with E-state index in [1.165, 1.54) is 52.9 Å². The molecule has 126 valence electrons. The van der Waals surface area contributed by atoms with Crippen LogP contribution in [0.15, 0.2) is 16.0 Å².